The lowest BCUT2D eigenvalue weighted by Crippen LogP contribution is -2.11. The van der Waals surface area contributed by atoms with Gasteiger partial charge in [-0.1, -0.05) is 13.8 Å². The van der Waals surface area contributed by atoms with Crippen molar-refractivity contribution in [2.75, 3.05) is 6.61 Å². The first-order chi connectivity index (χ1) is 6.57. The van der Waals surface area contributed by atoms with Gasteiger partial charge in [-0.15, -0.1) is 0 Å². The van der Waals surface area contributed by atoms with E-state index in [4.69, 9.17) is 10.2 Å². The highest BCUT2D eigenvalue weighted by atomic mass is 16.4. The van der Waals surface area contributed by atoms with Gasteiger partial charge in [0, 0.05) is 0 Å². The Balaban J connectivity index is 3.13. The van der Waals surface area contributed by atoms with E-state index in [1.54, 1.807) is 0 Å². The molecule has 1 rings (SSSR count). The van der Waals surface area contributed by atoms with E-state index in [1.165, 1.54) is 10.9 Å². The smallest absolute Gasteiger partial charge is 0.339 e. The number of rotatable bonds is 4. The highest BCUT2D eigenvalue weighted by Crippen LogP contribution is 2.19. The predicted molar refractivity (Wildman–Crippen MR) is 50.4 cm³/mol. The van der Waals surface area contributed by atoms with Crippen LogP contribution in [0.4, 0.5) is 0 Å². The maximum atomic E-state index is 10.8. The van der Waals surface area contributed by atoms with Crippen LogP contribution in [0.15, 0.2) is 6.20 Å². The Bertz CT molecular complexity index is 331. The summed E-state index contributed by atoms with van der Waals surface area (Å²) in [5.41, 5.74) is 0.875. The second-order valence-corrected chi connectivity index (χ2v) is 3.35. The minimum atomic E-state index is -0.974. The molecule has 2 N–H and O–H groups in total. The number of nitrogens with zero attached hydrogens (tertiary/aromatic N) is 2. The lowest BCUT2D eigenvalue weighted by Gasteiger charge is -2.09. The fraction of sp³-hybridized carbons (Fsp3) is 0.556. The molecule has 1 heterocycles. The lowest BCUT2D eigenvalue weighted by molar-refractivity contribution is 0.0695. The summed E-state index contributed by atoms with van der Waals surface area (Å²) in [5.74, 6) is -0.895. The molecule has 0 saturated carbocycles. The van der Waals surface area contributed by atoms with E-state index in [9.17, 15) is 4.79 Å². The summed E-state index contributed by atoms with van der Waals surface area (Å²) in [5, 5.41) is 21.6. The highest BCUT2D eigenvalue weighted by molar-refractivity contribution is 5.88. The average Bonchev–Trinajstić information content (AvgIpc) is 2.48. The highest BCUT2D eigenvalue weighted by Gasteiger charge is 2.18. The van der Waals surface area contributed by atoms with Gasteiger partial charge >= 0.3 is 5.97 Å². The largest absolute Gasteiger partial charge is 0.478 e. The van der Waals surface area contributed by atoms with Crippen LogP contribution < -0.4 is 0 Å². The molecular weight excluding hydrogens is 184 g/mol. The minimum absolute atomic E-state index is 0.0412. The van der Waals surface area contributed by atoms with Crippen molar-refractivity contribution in [1.29, 1.82) is 0 Å². The molecule has 0 bridgehead atoms. The normalized spacial score (nSPS) is 10.9. The van der Waals surface area contributed by atoms with Gasteiger partial charge < -0.3 is 10.2 Å². The molecule has 0 aliphatic carbocycles. The molecule has 14 heavy (non-hydrogen) atoms. The van der Waals surface area contributed by atoms with Gasteiger partial charge in [-0.05, 0) is 5.92 Å². The van der Waals surface area contributed by atoms with Crippen molar-refractivity contribution in [2.24, 2.45) is 0 Å². The molecule has 78 valence electrons. The molecule has 0 radical (unpaired) electrons. The molecule has 5 heteroatoms. The standard InChI is InChI=1S/C9H14N2O3/c1-6(2)8-7(9(13)14)5-10-11(8)3-4-12/h5-6,12H,3-4H2,1-2H3,(H,13,14). The van der Waals surface area contributed by atoms with Crippen molar-refractivity contribution in [1.82, 2.24) is 9.78 Å². The quantitative estimate of drug-likeness (QED) is 0.746. The Hall–Kier alpha value is -1.36. The van der Waals surface area contributed by atoms with Gasteiger partial charge in [0.05, 0.1) is 25.0 Å². The molecule has 0 aliphatic rings. The lowest BCUT2D eigenvalue weighted by atomic mass is 10.1. The summed E-state index contributed by atoms with van der Waals surface area (Å²) in [6.07, 6.45) is 1.33. The van der Waals surface area contributed by atoms with Crippen molar-refractivity contribution in [2.45, 2.75) is 26.3 Å². The number of carboxylic acids is 1. The molecule has 0 fully saturated rings. The summed E-state index contributed by atoms with van der Waals surface area (Å²) in [6.45, 7) is 4.09. The van der Waals surface area contributed by atoms with E-state index in [1.807, 2.05) is 13.8 Å². The van der Waals surface area contributed by atoms with Crippen LogP contribution in [0.25, 0.3) is 0 Å². The summed E-state index contributed by atoms with van der Waals surface area (Å²) in [7, 11) is 0. The van der Waals surface area contributed by atoms with Crippen LogP contribution in [-0.4, -0.2) is 32.6 Å². The van der Waals surface area contributed by atoms with Crippen molar-refractivity contribution >= 4 is 5.97 Å². The number of aromatic carboxylic acids is 1. The SMILES string of the molecule is CC(C)c1c(C(=O)O)cnn1CCO. The van der Waals surface area contributed by atoms with Crippen LogP contribution in [-0.2, 0) is 6.54 Å². The predicted octanol–water partition coefficient (Wildman–Crippen LogP) is 0.697. The van der Waals surface area contributed by atoms with Crippen LogP contribution in [0.2, 0.25) is 0 Å². The number of aliphatic hydroxyl groups is 1. The summed E-state index contributed by atoms with van der Waals surface area (Å²) in [6, 6.07) is 0. The van der Waals surface area contributed by atoms with Gasteiger partial charge in [0.1, 0.15) is 5.56 Å². The van der Waals surface area contributed by atoms with Crippen LogP contribution in [0.1, 0.15) is 35.8 Å². The maximum absolute atomic E-state index is 10.8. The van der Waals surface area contributed by atoms with Crippen LogP contribution in [0, 0.1) is 0 Å². The first-order valence-corrected chi connectivity index (χ1v) is 4.47. The molecule has 5 nitrogen and oxygen atoms in total. The first kappa shape index (κ1) is 10.7. The first-order valence-electron chi connectivity index (χ1n) is 4.47. The summed E-state index contributed by atoms with van der Waals surface area (Å²) >= 11 is 0. The van der Waals surface area contributed by atoms with Gasteiger partial charge in [-0.2, -0.15) is 5.10 Å². The Kier molecular flexibility index (Phi) is 3.24. The molecule has 1 aromatic heterocycles. The van der Waals surface area contributed by atoms with Crippen molar-refractivity contribution < 1.29 is 15.0 Å². The zero-order chi connectivity index (χ0) is 10.7. The van der Waals surface area contributed by atoms with E-state index in [0.717, 1.165) is 0 Å². The van der Waals surface area contributed by atoms with Gasteiger partial charge in [-0.3, -0.25) is 4.68 Å². The number of carboxylic acid groups (broad SMARTS) is 1. The number of hydrogen-bond acceptors (Lipinski definition) is 3. The number of hydrogen-bond donors (Lipinski definition) is 2. The Morgan fingerprint density at radius 1 is 1.64 bits per heavy atom. The monoisotopic (exact) mass is 198 g/mol. The molecule has 0 spiro atoms. The van der Waals surface area contributed by atoms with E-state index in [-0.39, 0.29) is 18.1 Å². The van der Waals surface area contributed by atoms with Crippen molar-refractivity contribution in [3.05, 3.63) is 17.5 Å². The van der Waals surface area contributed by atoms with Gasteiger partial charge in [0.15, 0.2) is 0 Å². The van der Waals surface area contributed by atoms with E-state index in [2.05, 4.69) is 5.10 Å². The third-order valence-corrected chi connectivity index (χ3v) is 1.97. The zero-order valence-electron chi connectivity index (χ0n) is 8.27. The zero-order valence-corrected chi connectivity index (χ0v) is 8.27. The second kappa shape index (κ2) is 4.23. The summed E-state index contributed by atoms with van der Waals surface area (Å²) in [4.78, 5) is 10.8. The Labute approximate surface area is 82.0 Å². The Morgan fingerprint density at radius 2 is 2.29 bits per heavy atom. The fourth-order valence-electron chi connectivity index (χ4n) is 1.44. The average molecular weight is 198 g/mol. The van der Waals surface area contributed by atoms with E-state index >= 15 is 0 Å². The maximum Gasteiger partial charge on any atom is 0.339 e. The molecule has 0 unspecified atom stereocenters. The second-order valence-electron chi connectivity index (χ2n) is 3.35. The van der Waals surface area contributed by atoms with E-state index in [0.29, 0.717) is 12.2 Å². The number of aromatic nitrogens is 2. The molecule has 0 aromatic carbocycles. The molecule has 0 atom stereocenters. The number of aliphatic hydroxyl groups excluding tert-OH is 1. The fourth-order valence-corrected chi connectivity index (χ4v) is 1.44. The van der Waals surface area contributed by atoms with Crippen LogP contribution >= 0.6 is 0 Å². The van der Waals surface area contributed by atoms with Crippen molar-refractivity contribution in [3.63, 3.8) is 0 Å². The molecular formula is C9H14N2O3. The van der Waals surface area contributed by atoms with Crippen molar-refractivity contribution in [3.8, 4) is 0 Å². The number of carbonyl (C=O) groups is 1. The van der Waals surface area contributed by atoms with Gasteiger partial charge in [0.25, 0.3) is 0 Å². The molecule has 0 amide bonds. The van der Waals surface area contributed by atoms with E-state index < -0.39 is 5.97 Å². The molecule has 1 aromatic rings. The van der Waals surface area contributed by atoms with Crippen LogP contribution in [0.5, 0.6) is 0 Å². The molecule has 0 aliphatic heterocycles. The topological polar surface area (TPSA) is 75.3 Å². The molecule has 0 saturated heterocycles. The third-order valence-electron chi connectivity index (χ3n) is 1.97. The summed E-state index contributed by atoms with van der Waals surface area (Å²) < 4.78 is 1.54. The van der Waals surface area contributed by atoms with Gasteiger partial charge in [0.2, 0.25) is 0 Å². The minimum Gasteiger partial charge on any atom is -0.478 e. The van der Waals surface area contributed by atoms with Gasteiger partial charge in [-0.25, -0.2) is 4.79 Å². The Morgan fingerprint density at radius 3 is 2.71 bits per heavy atom. The van der Waals surface area contributed by atoms with Crippen LogP contribution in [0.3, 0.4) is 0 Å². The third kappa shape index (κ3) is 1.93.